The summed E-state index contributed by atoms with van der Waals surface area (Å²) in [7, 11) is 0. The molecule has 2 N–H and O–H groups in total. The Balaban J connectivity index is 2.67. The third-order valence-electron chi connectivity index (χ3n) is 2.12. The maximum atomic E-state index is 11.4. The van der Waals surface area contributed by atoms with Crippen LogP contribution in [0.25, 0.3) is 0 Å². The number of aliphatic hydroxyl groups is 2. The minimum atomic E-state index is -1.15. The number of esters is 2. The monoisotopic (exact) mass is 230 g/mol. The van der Waals surface area contributed by atoms with Crippen LogP contribution in [0.2, 0.25) is 0 Å². The van der Waals surface area contributed by atoms with Gasteiger partial charge in [-0.1, -0.05) is 13.3 Å². The number of ether oxygens (including phenoxy) is 2. The molecule has 0 amide bonds. The van der Waals surface area contributed by atoms with E-state index < -0.39 is 36.0 Å². The predicted octanol–water partition coefficient (Wildman–Crippen LogP) is 0.0595. The predicted molar refractivity (Wildman–Crippen MR) is 52.5 cm³/mol. The molecule has 6 heteroatoms. The summed E-state index contributed by atoms with van der Waals surface area (Å²) >= 11 is 0. The Labute approximate surface area is 92.5 Å². The molecule has 1 aliphatic rings. The Morgan fingerprint density at radius 2 is 2.25 bits per heavy atom. The molecule has 0 aromatic carbocycles. The third-order valence-corrected chi connectivity index (χ3v) is 2.12. The zero-order valence-electron chi connectivity index (χ0n) is 8.93. The van der Waals surface area contributed by atoms with Crippen LogP contribution in [0.4, 0.5) is 0 Å². The first-order chi connectivity index (χ1) is 7.61. The quantitative estimate of drug-likeness (QED) is 0.394. The molecule has 0 unspecified atom stereocenters. The highest BCUT2D eigenvalue weighted by Crippen LogP contribution is 2.21. The van der Waals surface area contributed by atoms with Gasteiger partial charge in [0.2, 0.25) is 0 Å². The van der Waals surface area contributed by atoms with Crippen molar-refractivity contribution < 1.29 is 29.3 Å². The molecule has 0 saturated heterocycles. The molecule has 1 aliphatic heterocycles. The smallest absolute Gasteiger partial charge is 0.350 e. The molecule has 0 fully saturated rings. The summed E-state index contributed by atoms with van der Waals surface area (Å²) in [4.78, 5) is 22.6. The minimum Gasteiger partial charge on any atom is -0.507 e. The highest BCUT2D eigenvalue weighted by atomic mass is 16.6. The van der Waals surface area contributed by atoms with E-state index in [0.717, 1.165) is 6.42 Å². The molecule has 1 rings (SSSR count). The molecule has 0 bridgehead atoms. The summed E-state index contributed by atoms with van der Waals surface area (Å²) in [6.07, 6.45) is 0.376. The summed E-state index contributed by atoms with van der Waals surface area (Å²) in [6.45, 7) is 1.54. The zero-order chi connectivity index (χ0) is 12.1. The van der Waals surface area contributed by atoms with Gasteiger partial charge in [0.1, 0.15) is 0 Å². The van der Waals surface area contributed by atoms with Crippen LogP contribution in [0.15, 0.2) is 11.3 Å². The molecule has 0 radical (unpaired) electrons. The highest BCUT2D eigenvalue weighted by Gasteiger charge is 2.39. The summed E-state index contributed by atoms with van der Waals surface area (Å²) in [5.41, 5.74) is -0.518. The van der Waals surface area contributed by atoms with Crippen LogP contribution in [0.5, 0.6) is 0 Å². The van der Waals surface area contributed by atoms with E-state index in [9.17, 15) is 14.7 Å². The Bertz CT molecular complexity index is 319. The number of rotatable bonds is 5. The second-order valence-electron chi connectivity index (χ2n) is 3.33. The van der Waals surface area contributed by atoms with Gasteiger partial charge in [0.15, 0.2) is 17.4 Å². The van der Waals surface area contributed by atoms with Crippen molar-refractivity contribution in [2.75, 3.05) is 13.2 Å². The maximum Gasteiger partial charge on any atom is 0.350 e. The number of unbranched alkanes of at least 4 members (excludes halogenated alkanes) is 1. The van der Waals surface area contributed by atoms with E-state index in [1.807, 2.05) is 6.92 Å². The SMILES string of the molecule is CCCCOC(=O)C1=C(O)[C@@H](CO)OC1=O. The van der Waals surface area contributed by atoms with Gasteiger partial charge in [-0.3, -0.25) is 0 Å². The summed E-state index contributed by atoms with van der Waals surface area (Å²) in [6, 6.07) is 0. The number of hydrogen-bond donors (Lipinski definition) is 2. The number of hydrogen-bond acceptors (Lipinski definition) is 6. The lowest BCUT2D eigenvalue weighted by molar-refractivity contribution is -0.147. The average molecular weight is 230 g/mol. The van der Waals surface area contributed by atoms with Crippen molar-refractivity contribution in [1.82, 2.24) is 0 Å². The first-order valence-corrected chi connectivity index (χ1v) is 5.03. The van der Waals surface area contributed by atoms with Crippen LogP contribution in [0.3, 0.4) is 0 Å². The lowest BCUT2D eigenvalue weighted by atomic mass is 10.2. The molecule has 0 aliphatic carbocycles. The van der Waals surface area contributed by atoms with Crippen LogP contribution in [0, 0.1) is 0 Å². The van der Waals surface area contributed by atoms with Crippen molar-refractivity contribution in [3.05, 3.63) is 11.3 Å². The van der Waals surface area contributed by atoms with Gasteiger partial charge in [0.05, 0.1) is 13.2 Å². The molecule has 90 valence electrons. The molecular weight excluding hydrogens is 216 g/mol. The van der Waals surface area contributed by atoms with Crippen molar-refractivity contribution in [3.8, 4) is 0 Å². The minimum absolute atomic E-state index is 0.184. The van der Waals surface area contributed by atoms with Crippen molar-refractivity contribution >= 4 is 11.9 Å². The van der Waals surface area contributed by atoms with Gasteiger partial charge in [-0.05, 0) is 6.42 Å². The number of carbonyl (C=O) groups is 2. The fourth-order valence-electron chi connectivity index (χ4n) is 1.20. The van der Waals surface area contributed by atoms with Crippen molar-refractivity contribution in [3.63, 3.8) is 0 Å². The summed E-state index contributed by atoms with van der Waals surface area (Å²) in [5, 5.41) is 18.2. The van der Waals surface area contributed by atoms with E-state index in [-0.39, 0.29) is 6.61 Å². The van der Waals surface area contributed by atoms with Crippen molar-refractivity contribution in [2.24, 2.45) is 0 Å². The van der Waals surface area contributed by atoms with Crippen molar-refractivity contribution in [2.45, 2.75) is 25.9 Å². The standard InChI is InChI=1S/C10H14O6/c1-2-3-4-15-9(13)7-8(12)6(5-11)16-10(7)14/h6,11-12H,2-5H2,1H3/t6-/m1/s1. The number of cyclic esters (lactones) is 1. The maximum absolute atomic E-state index is 11.4. The highest BCUT2D eigenvalue weighted by molar-refractivity contribution is 6.16. The van der Waals surface area contributed by atoms with E-state index in [4.69, 9.17) is 9.84 Å². The van der Waals surface area contributed by atoms with E-state index in [0.29, 0.717) is 6.42 Å². The van der Waals surface area contributed by atoms with Crippen LogP contribution in [-0.2, 0) is 19.1 Å². The first-order valence-electron chi connectivity index (χ1n) is 5.03. The lowest BCUT2D eigenvalue weighted by Gasteiger charge is -2.03. The number of aliphatic hydroxyl groups excluding tert-OH is 2. The van der Waals surface area contributed by atoms with Gasteiger partial charge in [0, 0.05) is 0 Å². The topological polar surface area (TPSA) is 93.1 Å². The molecule has 0 aromatic heterocycles. The van der Waals surface area contributed by atoms with Gasteiger partial charge in [0.25, 0.3) is 0 Å². The molecule has 16 heavy (non-hydrogen) atoms. The molecular formula is C10H14O6. The Hall–Kier alpha value is -1.56. The Morgan fingerprint density at radius 1 is 1.56 bits per heavy atom. The number of carbonyl (C=O) groups excluding carboxylic acids is 2. The molecule has 1 atom stereocenters. The average Bonchev–Trinajstić information content (AvgIpc) is 2.54. The largest absolute Gasteiger partial charge is 0.507 e. The van der Waals surface area contributed by atoms with Crippen LogP contribution in [-0.4, -0.2) is 41.5 Å². The van der Waals surface area contributed by atoms with E-state index in [1.54, 1.807) is 0 Å². The van der Waals surface area contributed by atoms with Gasteiger partial charge in [-0.25, -0.2) is 9.59 Å². The third kappa shape index (κ3) is 2.52. The zero-order valence-corrected chi connectivity index (χ0v) is 8.93. The van der Waals surface area contributed by atoms with Gasteiger partial charge < -0.3 is 19.7 Å². The Morgan fingerprint density at radius 3 is 2.75 bits per heavy atom. The van der Waals surface area contributed by atoms with Gasteiger partial charge in [-0.2, -0.15) is 0 Å². The van der Waals surface area contributed by atoms with Crippen LogP contribution < -0.4 is 0 Å². The fraction of sp³-hybridized carbons (Fsp3) is 0.600. The summed E-state index contributed by atoms with van der Waals surface area (Å²) in [5.74, 6) is -2.43. The molecule has 6 nitrogen and oxygen atoms in total. The van der Waals surface area contributed by atoms with E-state index >= 15 is 0 Å². The molecule has 1 heterocycles. The van der Waals surface area contributed by atoms with Crippen LogP contribution in [0.1, 0.15) is 19.8 Å². The fourth-order valence-corrected chi connectivity index (χ4v) is 1.20. The normalized spacial score (nSPS) is 19.9. The van der Waals surface area contributed by atoms with Gasteiger partial charge in [-0.15, -0.1) is 0 Å². The second kappa shape index (κ2) is 5.50. The molecule has 0 saturated carbocycles. The Kier molecular flexibility index (Phi) is 4.30. The molecule has 0 spiro atoms. The van der Waals surface area contributed by atoms with Gasteiger partial charge >= 0.3 is 11.9 Å². The van der Waals surface area contributed by atoms with E-state index in [1.165, 1.54) is 0 Å². The lowest BCUT2D eigenvalue weighted by Crippen LogP contribution is -2.16. The van der Waals surface area contributed by atoms with Crippen molar-refractivity contribution in [1.29, 1.82) is 0 Å². The summed E-state index contributed by atoms with van der Waals surface area (Å²) < 4.78 is 9.31. The molecule has 0 aromatic rings. The first kappa shape index (κ1) is 12.5. The van der Waals surface area contributed by atoms with Crippen LogP contribution >= 0.6 is 0 Å². The second-order valence-corrected chi connectivity index (χ2v) is 3.33. The van der Waals surface area contributed by atoms with E-state index in [2.05, 4.69) is 4.74 Å².